The number of carbonyl (C=O) groups excluding carboxylic acids is 1. The van der Waals surface area contributed by atoms with Crippen LogP contribution in [0, 0.1) is 5.41 Å². The van der Waals surface area contributed by atoms with Gasteiger partial charge in [-0.15, -0.1) is 0 Å². The summed E-state index contributed by atoms with van der Waals surface area (Å²) >= 11 is -2.13. The Morgan fingerprint density at radius 1 is 1.60 bits per heavy atom. The highest BCUT2D eigenvalue weighted by Crippen LogP contribution is 2.16. The average Bonchev–Trinajstić information content (AvgIpc) is 1.60. The van der Waals surface area contributed by atoms with Crippen molar-refractivity contribution in [1.82, 2.24) is 0 Å². The van der Waals surface area contributed by atoms with Crippen molar-refractivity contribution in [3.63, 3.8) is 0 Å². The van der Waals surface area contributed by atoms with Crippen LogP contribution in [0.25, 0.3) is 0 Å². The zero-order valence-corrected chi connectivity index (χ0v) is 7.16. The smallest absolute Gasteiger partial charge is 0.136 e. The molecule has 0 saturated heterocycles. The number of Topliss-reactive ketones (excluding diaryl/α,β-unsaturated/α-hetero) is 1. The van der Waals surface area contributed by atoms with Gasteiger partial charge in [-0.1, -0.05) is 24.9 Å². The van der Waals surface area contributed by atoms with Crippen LogP contribution in [0.3, 0.4) is 0 Å². The first-order chi connectivity index (χ1) is 4.36. The molecule has 0 aliphatic rings. The molecule has 0 radical (unpaired) electrons. The molecule has 60 valence electrons. The molecule has 0 saturated carbocycles. The van der Waals surface area contributed by atoms with Gasteiger partial charge >= 0.3 is 0 Å². The Labute approximate surface area is 63.1 Å². The van der Waals surface area contributed by atoms with Crippen molar-refractivity contribution in [3.05, 3.63) is 0 Å². The second-order valence-electron chi connectivity index (χ2n) is 2.89. The average molecular weight is 163 g/mol. The fourth-order valence-corrected chi connectivity index (χ4v) is 1.19. The highest BCUT2D eigenvalue weighted by molar-refractivity contribution is 7.79. The van der Waals surface area contributed by atoms with E-state index < -0.39 is 16.5 Å². The monoisotopic (exact) mass is 163 g/mol. The summed E-state index contributed by atoms with van der Waals surface area (Å²) in [5, 5.41) is 0. The number of rotatable bonds is 3. The van der Waals surface area contributed by atoms with Crippen LogP contribution < -0.4 is 0 Å². The topological polar surface area (TPSA) is 57.2 Å². The minimum absolute atomic E-state index is 0.0949. The zero-order chi connectivity index (χ0) is 8.36. The molecule has 0 heterocycles. The van der Waals surface area contributed by atoms with Gasteiger partial charge in [0.05, 0.1) is 0 Å². The highest BCUT2D eigenvalue weighted by atomic mass is 32.2. The number of carbonyl (C=O) groups is 1. The first-order valence-electron chi connectivity index (χ1n) is 2.93. The second kappa shape index (κ2) is 3.25. The summed E-state index contributed by atoms with van der Waals surface area (Å²) in [5.41, 5.74) is -0.730. The lowest BCUT2D eigenvalue weighted by atomic mass is 9.92. The largest absolute Gasteiger partial charge is 0.772 e. The normalized spacial score (nSPS) is 14.8. The Morgan fingerprint density at radius 2 is 2.00 bits per heavy atom. The van der Waals surface area contributed by atoms with E-state index in [1.54, 1.807) is 13.8 Å². The maximum Gasteiger partial charge on any atom is 0.136 e. The van der Waals surface area contributed by atoms with Gasteiger partial charge in [0.1, 0.15) is 5.78 Å². The molecule has 0 amide bonds. The van der Waals surface area contributed by atoms with Crippen molar-refractivity contribution >= 4 is 16.9 Å². The van der Waals surface area contributed by atoms with Crippen LogP contribution >= 0.6 is 0 Å². The maximum atomic E-state index is 10.7. The molecular formula is C6H11O3S-. The Kier molecular flexibility index (Phi) is 3.18. The van der Waals surface area contributed by atoms with Crippen LogP contribution in [0.4, 0.5) is 0 Å². The lowest BCUT2D eigenvalue weighted by Gasteiger charge is -2.21. The van der Waals surface area contributed by atoms with Crippen LogP contribution in [-0.2, 0) is 15.9 Å². The van der Waals surface area contributed by atoms with Gasteiger partial charge in [-0.25, -0.2) is 0 Å². The van der Waals surface area contributed by atoms with E-state index in [0.29, 0.717) is 0 Å². The summed E-state index contributed by atoms with van der Waals surface area (Å²) in [4.78, 5) is 10.7. The molecule has 0 aromatic heterocycles. The second-order valence-corrected chi connectivity index (χ2v) is 3.78. The predicted octanol–water partition coefficient (Wildman–Crippen LogP) is 0.481. The molecule has 0 N–H and O–H groups in total. The Balaban J connectivity index is 4.13. The molecule has 0 spiro atoms. The molecule has 0 aliphatic heterocycles. The van der Waals surface area contributed by atoms with E-state index >= 15 is 0 Å². The summed E-state index contributed by atoms with van der Waals surface area (Å²) in [5.74, 6) is -0.195. The van der Waals surface area contributed by atoms with Gasteiger partial charge in [0.2, 0.25) is 0 Å². The van der Waals surface area contributed by atoms with Crippen molar-refractivity contribution in [3.8, 4) is 0 Å². The van der Waals surface area contributed by atoms with E-state index in [9.17, 15) is 13.6 Å². The van der Waals surface area contributed by atoms with Crippen molar-refractivity contribution in [2.75, 3.05) is 5.75 Å². The van der Waals surface area contributed by atoms with Crippen LogP contribution in [0.15, 0.2) is 0 Å². The summed E-state index contributed by atoms with van der Waals surface area (Å²) in [6, 6.07) is 0. The van der Waals surface area contributed by atoms with E-state index in [4.69, 9.17) is 0 Å². The van der Waals surface area contributed by atoms with E-state index in [1.165, 1.54) is 6.92 Å². The van der Waals surface area contributed by atoms with E-state index in [2.05, 4.69) is 0 Å². The molecule has 0 bridgehead atoms. The molecule has 1 atom stereocenters. The predicted molar refractivity (Wildman–Crippen MR) is 38.2 cm³/mol. The zero-order valence-electron chi connectivity index (χ0n) is 6.34. The van der Waals surface area contributed by atoms with Gasteiger partial charge in [0.25, 0.3) is 0 Å². The molecule has 0 fully saturated rings. The minimum Gasteiger partial charge on any atom is -0.772 e. The summed E-state index contributed by atoms with van der Waals surface area (Å²) < 4.78 is 20.3. The fraction of sp³-hybridized carbons (Fsp3) is 0.833. The number of ketones is 1. The molecular weight excluding hydrogens is 152 g/mol. The lowest BCUT2D eigenvalue weighted by molar-refractivity contribution is -0.123. The molecule has 0 aromatic carbocycles. The standard InChI is InChI=1S/C6H12O3S/c1-5(7)6(2,3)4-10(8)9/h4H2,1-3H3,(H,8,9)/p-1. The van der Waals surface area contributed by atoms with Gasteiger partial charge in [-0.05, 0) is 6.92 Å². The third-order valence-electron chi connectivity index (χ3n) is 1.43. The SMILES string of the molecule is CC(=O)C(C)(C)CS(=O)[O-]. The quantitative estimate of drug-likeness (QED) is 0.568. The van der Waals surface area contributed by atoms with E-state index in [0.717, 1.165) is 0 Å². The fourth-order valence-electron chi connectivity index (χ4n) is 0.396. The van der Waals surface area contributed by atoms with Crippen LogP contribution in [0.5, 0.6) is 0 Å². The van der Waals surface area contributed by atoms with Gasteiger partial charge in [0.15, 0.2) is 0 Å². The highest BCUT2D eigenvalue weighted by Gasteiger charge is 2.23. The molecule has 10 heavy (non-hydrogen) atoms. The Morgan fingerprint density at radius 3 is 2.10 bits per heavy atom. The number of hydrogen-bond acceptors (Lipinski definition) is 3. The summed E-state index contributed by atoms with van der Waals surface area (Å²) in [6.45, 7) is 4.63. The van der Waals surface area contributed by atoms with E-state index in [1.807, 2.05) is 0 Å². The molecule has 0 aliphatic carbocycles. The lowest BCUT2D eigenvalue weighted by Crippen LogP contribution is -2.28. The van der Waals surface area contributed by atoms with Crippen LogP contribution in [0.1, 0.15) is 20.8 Å². The summed E-state index contributed by atoms with van der Waals surface area (Å²) in [6.07, 6.45) is 0. The molecule has 4 heteroatoms. The molecule has 3 nitrogen and oxygen atoms in total. The van der Waals surface area contributed by atoms with Gasteiger partial charge in [0, 0.05) is 11.2 Å². The Hall–Kier alpha value is -0.220. The van der Waals surface area contributed by atoms with Gasteiger partial charge in [-0.3, -0.25) is 9.00 Å². The Bertz CT molecular complexity index is 162. The van der Waals surface area contributed by atoms with Crippen molar-refractivity contribution in [2.24, 2.45) is 5.41 Å². The van der Waals surface area contributed by atoms with Crippen molar-refractivity contribution < 1.29 is 13.6 Å². The molecule has 1 unspecified atom stereocenters. The third kappa shape index (κ3) is 3.08. The third-order valence-corrected chi connectivity index (χ3v) is 2.39. The van der Waals surface area contributed by atoms with Gasteiger partial charge < -0.3 is 4.55 Å². The maximum absolute atomic E-state index is 10.7. The molecule has 0 aromatic rings. The van der Waals surface area contributed by atoms with Crippen LogP contribution in [0.2, 0.25) is 0 Å². The summed E-state index contributed by atoms with van der Waals surface area (Å²) in [7, 11) is 0. The first kappa shape index (κ1) is 9.78. The van der Waals surface area contributed by atoms with E-state index in [-0.39, 0.29) is 11.5 Å². The van der Waals surface area contributed by atoms with Gasteiger partial charge in [-0.2, -0.15) is 0 Å². The van der Waals surface area contributed by atoms with Crippen molar-refractivity contribution in [2.45, 2.75) is 20.8 Å². The first-order valence-corrected chi connectivity index (χ1v) is 4.17. The minimum atomic E-state index is -2.13. The van der Waals surface area contributed by atoms with Crippen molar-refractivity contribution in [1.29, 1.82) is 0 Å². The number of hydrogen-bond donors (Lipinski definition) is 0. The van der Waals surface area contributed by atoms with Crippen LogP contribution in [-0.4, -0.2) is 20.3 Å². The molecule has 0 rings (SSSR count).